The molecule has 4 nitrogen and oxygen atoms in total. The van der Waals surface area contributed by atoms with E-state index in [-0.39, 0.29) is 16.0 Å². The largest absolute Gasteiger partial charge is 0.303 e. The molecule has 0 N–H and O–H groups in total. The highest BCUT2D eigenvalue weighted by Gasteiger charge is 2.37. The van der Waals surface area contributed by atoms with Crippen LogP contribution in [0.2, 0.25) is 5.02 Å². The van der Waals surface area contributed by atoms with Gasteiger partial charge >= 0.3 is 0 Å². The first-order chi connectivity index (χ1) is 11.4. The van der Waals surface area contributed by atoms with E-state index < -0.39 is 10.0 Å². The summed E-state index contributed by atoms with van der Waals surface area (Å²) >= 11 is 9.53. The standard InChI is InChI=1S/C17H18BrClN2O2S/c1-20-9-10-21(16(12-20)13-5-3-2-4-6-13)24(22,23)17-8-7-14(18)11-15(17)19/h2-8,11,16H,9-10,12H2,1H3/t16-/m1/s1. The summed E-state index contributed by atoms with van der Waals surface area (Å²) in [6, 6.07) is 14.4. The predicted octanol–water partition coefficient (Wildman–Crippen LogP) is 3.78. The highest BCUT2D eigenvalue weighted by atomic mass is 79.9. The van der Waals surface area contributed by atoms with Crippen LogP contribution >= 0.6 is 27.5 Å². The maximum Gasteiger partial charge on any atom is 0.245 e. The van der Waals surface area contributed by atoms with Crippen LogP contribution in [0.3, 0.4) is 0 Å². The lowest BCUT2D eigenvalue weighted by molar-refractivity contribution is 0.160. The van der Waals surface area contributed by atoms with E-state index in [1.54, 1.807) is 22.5 Å². The van der Waals surface area contributed by atoms with Crippen molar-refractivity contribution < 1.29 is 8.42 Å². The quantitative estimate of drug-likeness (QED) is 0.745. The number of likely N-dealkylation sites (N-methyl/N-ethyl adjacent to an activating group) is 1. The van der Waals surface area contributed by atoms with Crippen LogP contribution in [0.25, 0.3) is 0 Å². The van der Waals surface area contributed by atoms with Crippen molar-refractivity contribution >= 4 is 37.6 Å². The maximum absolute atomic E-state index is 13.2. The smallest absolute Gasteiger partial charge is 0.245 e. The predicted molar refractivity (Wildman–Crippen MR) is 99.7 cm³/mol. The first kappa shape index (κ1) is 17.9. The van der Waals surface area contributed by atoms with E-state index in [4.69, 9.17) is 11.6 Å². The summed E-state index contributed by atoms with van der Waals surface area (Å²) in [4.78, 5) is 2.30. The Morgan fingerprint density at radius 3 is 2.50 bits per heavy atom. The van der Waals surface area contributed by atoms with E-state index in [1.165, 1.54) is 0 Å². The van der Waals surface area contributed by atoms with E-state index in [1.807, 2.05) is 37.4 Å². The van der Waals surface area contributed by atoms with Crippen LogP contribution in [0.1, 0.15) is 11.6 Å². The third kappa shape index (κ3) is 3.53. The van der Waals surface area contributed by atoms with Gasteiger partial charge in [-0.1, -0.05) is 57.9 Å². The van der Waals surface area contributed by atoms with Gasteiger partial charge in [0.2, 0.25) is 10.0 Å². The number of sulfonamides is 1. The summed E-state index contributed by atoms with van der Waals surface area (Å²) in [6.45, 7) is 1.78. The lowest BCUT2D eigenvalue weighted by Crippen LogP contribution is -2.49. The van der Waals surface area contributed by atoms with Crippen molar-refractivity contribution in [3.05, 3.63) is 63.6 Å². The van der Waals surface area contributed by atoms with Gasteiger partial charge in [0.25, 0.3) is 0 Å². The molecule has 1 atom stereocenters. The molecule has 2 aromatic rings. The van der Waals surface area contributed by atoms with Crippen molar-refractivity contribution in [1.29, 1.82) is 0 Å². The van der Waals surface area contributed by atoms with Crippen molar-refractivity contribution in [2.24, 2.45) is 0 Å². The van der Waals surface area contributed by atoms with E-state index in [0.717, 1.165) is 10.0 Å². The van der Waals surface area contributed by atoms with Gasteiger partial charge in [0, 0.05) is 24.1 Å². The van der Waals surface area contributed by atoms with Crippen molar-refractivity contribution in [2.45, 2.75) is 10.9 Å². The molecule has 24 heavy (non-hydrogen) atoms. The molecule has 0 bridgehead atoms. The minimum atomic E-state index is -3.68. The van der Waals surface area contributed by atoms with Crippen LogP contribution in [0, 0.1) is 0 Å². The Labute approximate surface area is 156 Å². The molecule has 7 heteroatoms. The molecule has 0 unspecified atom stereocenters. The molecule has 0 amide bonds. The zero-order valence-electron chi connectivity index (χ0n) is 13.2. The molecule has 0 spiro atoms. The zero-order chi connectivity index (χ0) is 17.3. The molecular weight excluding hydrogens is 412 g/mol. The molecule has 3 rings (SSSR count). The van der Waals surface area contributed by atoms with Crippen LogP contribution in [-0.4, -0.2) is 44.3 Å². The lowest BCUT2D eigenvalue weighted by atomic mass is 10.1. The van der Waals surface area contributed by atoms with Gasteiger partial charge < -0.3 is 4.90 Å². The van der Waals surface area contributed by atoms with Crippen LogP contribution in [0.4, 0.5) is 0 Å². The van der Waals surface area contributed by atoms with Crippen molar-refractivity contribution in [3.63, 3.8) is 0 Å². The fraction of sp³-hybridized carbons (Fsp3) is 0.294. The highest BCUT2D eigenvalue weighted by Crippen LogP contribution is 2.34. The second-order valence-electron chi connectivity index (χ2n) is 5.88. The molecule has 0 aliphatic carbocycles. The van der Waals surface area contributed by atoms with Crippen LogP contribution in [-0.2, 0) is 10.0 Å². The summed E-state index contributed by atoms with van der Waals surface area (Å²) in [6.07, 6.45) is 0. The molecule has 1 aliphatic heterocycles. The minimum Gasteiger partial charge on any atom is -0.303 e. The Kier molecular flexibility index (Phi) is 5.32. The van der Waals surface area contributed by atoms with Gasteiger partial charge in [0.05, 0.1) is 11.1 Å². The second kappa shape index (κ2) is 7.14. The second-order valence-corrected chi connectivity index (χ2v) is 9.06. The Morgan fingerprint density at radius 1 is 1.12 bits per heavy atom. The van der Waals surface area contributed by atoms with Gasteiger partial charge in [-0.3, -0.25) is 0 Å². The molecule has 1 fully saturated rings. The first-order valence-electron chi connectivity index (χ1n) is 7.60. The molecule has 0 aromatic heterocycles. The lowest BCUT2D eigenvalue weighted by Gasteiger charge is -2.39. The molecule has 128 valence electrons. The van der Waals surface area contributed by atoms with Gasteiger partial charge in [-0.15, -0.1) is 0 Å². The highest BCUT2D eigenvalue weighted by molar-refractivity contribution is 9.10. The molecule has 0 radical (unpaired) electrons. The summed E-state index contributed by atoms with van der Waals surface area (Å²) < 4.78 is 28.8. The fourth-order valence-corrected chi connectivity index (χ4v) is 5.56. The number of hydrogen-bond donors (Lipinski definition) is 0. The normalized spacial score (nSPS) is 20.2. The molecule has 1 aliphatic rings. The third-order valence-electron chi connectivity index (χ3n) is 4.20. The summed E-state index contributed by atoms with van der Waals surface area (Å²) in [5.74, 6) is 0. The van der Waals surface area contributed by atoms with E-state index in [0.29, 0.717) is 19.6 Å². The van der Waals surface area contributed by atoms with E-state index in [2.05, 4.69) is 20.8 Å². The minimum absolute atomic E-state index is 0.151. The average Bonchev–Trinajstić information content (AvgIpc) is 2.55. The molecule has 0 saturated carbocycles. The molecule has 1 saturated heterocycles. The fourth-order valence-electron chi connectivity index (χ4n) is 2.95. The Balaban J connectivity index is 2.04. The third-order valence-corrected chi connectivity index (χ3v) is 7.08. The molecular formula is C17H18BrClN2O2S. The van der Waals surface area contributed by atoms with Crippen molar-refractivity contribution in [1.82, 2.24) is 9.21 Å². The van der Waals surface area contributed by atoms with Crippen LogP contribution < -0.4 is 0 Å². The number of piperazine rings is 1. The molecule has 2 aromatic carbocycles. The Bertz CT molecular complexity index is 830. The van der Waals surface area contributed by atoms with Gasteiger partial charge in [0.15, 0.2) is 0 Å². The number of rotatable bonds is 3. The first-order valence-corrected chi connectivity index (χ1v) is 10.2. The van der Waals surface area contributed by atoms with Crippen molar-refractivity contribution in [3.8, 4) is 0 Å². The van der Waals surface area contributed by atoms with Crippen LogP contribution in [0.15, 0.2) is 57.9 Å². The van der Waals surface area contributed by atoms with Gasteiger partial charge in [-0.25, -0.2) is 8.42 Å². The SMILES string of the molecule is CN1CCN(S(=O)(=O)c2ccc(Br)cc2Cl)[C@@H](c2ccccc2)C1. The number of nitrogens with zero attached hydrogens (tertiary/aromatic N) is 2. The molecule has 1 heterocycles. The summed E-state index contributed by atoms with van der Waals surface area (Å²) in [7, 11) is -1.67. The average molecular weight is 430 g/mol. The maximum atomic E-state index is 13.2. The monoisotopic (exact) mass is 428 g/mol. The number of halogens is 2. The number of hydrogen-bond acceptors (Lipinski definition) is 3. The Morgan fingerprint density at radius 2 is 1.83 bits per heavy atom. The van der Waals surface area contributed by atoms with E-state index >= 15 is 0 Å². The zero-order valence-corrected chi connectivity index (χ0v) is 16.4. The van der Waals surface area contributed by atoms with Crippen molar-refractivity contribution in [2.75, 3.05) is 26.7 Å². The van der Waals surface area contributed by atoms with Crippen LogP contribution in [0.5, 0.6) is 0 Å². The van der Waals surface area contributed by atoms with E-state index in [9.17, 15) is 8.42 Å². The summed E-state index contributed by atoms with van der Waals surface area (Å²) in [5, 5.41) is 0.232. The van der Waals surface area contributed by atoms with Gasteiger partial charge in [0.1, 0.15) is 4.90 Å². The Hall–Kier alpha value is -0.920. The number of benzene rings is 2. The topological polar surface area (TPSA) is 40.6 Å². The van der Waals surface area contributed by atoms with Gasteiger partial charge in [-0.2, -0.15) is 4.31 Å². The summed E-state index contributed by atoms with van der Waals surface area (Å²) in [5.41, 5.74) is 0.987. The van der Waals surface area contributed by atoms with Gasteiger partial charge in [-0.05, 0) is 30.8 Å².